The Morgan fingerprint density at radius 2 is 2.05 bits per heavy atom. The lowest BCUT2D eigenvalue weighted by atomic mass is 10.1. The van der Waals surface area contributed by atoms with E-state index < -0.39 is 17.8 Å². The van der Waals surface area contributed by atoms with Gasteiger partial charge in [0.05, 0.1) is 11.8 Å². The zero-order valence-corrected chi connectivity index (χ0v) is 11.6. The maximum absolute atomic E-state index is 11.9. The van der Waals surface area contributed by atoms with Crippen molar-refractivity contribution in [1.82, 2.24) is 0 Å². The summed E-state index contributed by atoms with van der Waals surface area (Å²) in [4.78, 5) is 35.9. The second-order valence-corrected chi connectivity index (χ2v) is 5.54. The molecule has 0 unspecified atom stereocenters. The van der Waals surface area contributed by atoms with E-state index in [0.717, 1.165) is 17.7 Å². The third-order valence-electron chi connectivity index (χ3n) is 4.07. The van der Waals surface area contributed by atoms with Gasteiger partial charge in [0.1, 0.15) is 0 Å². The molecule has 2 amide bonds. The molecule has 6 nitrogen and oxygen atoms in total. The predicted octanol–water partition coefficient (Wildman–Crippen LogP) is 1.25. The molecule has 1 aliphatic carbocycles. The Balaban J connectivity index is 1.70. The Bertz CT molecular complexity index is 641. The van der Waals surface area contributed by atoms with E-state index in [1.54, 1.807) is 11.0 Å². The number of hydrogen-bond acceptors (Lipinski definition) is 3. The largest absolute Gasteiger partial charge is 0.481 e. The number of nitrogens with one attached hydrogen (secondary N) is 1. The smallest absolute Gasteiger partial charge is 0.307 e. The molecule has 0 radical (unpaired) electrons. The average molecular weight is 288 g/mol. The lowest BCUT2D eigenvalue weighted by molar-refractivity contribution is -0.139. The van der Waals surface area contributed by atoms with Gasteiger partial charge in [0, 0.05) is 24.8 Å². The Morgan fingerprint density at radius 3 is 2.67 bits per heavy atom. The number of carbonyl (C=O) groups is 3. The molecule has 1 heterocycles. The van der Waals surface area contributed by atoms with Crippen molar-refractivity contribution >= 4 is 29.2 Å². The van der Waals surface area contributed by atoms with E-state index in [0.29, 0.717) is 18.7 Å². The first-order chi connectivity index (χ1) is 9.97. The van der Waals surface area contributed by atoms with Crippen LogP contribution in [0.2, 0.25) is 0 Å². The number of nitrogens with zero attached hydrogens (tertiary/aromatic N) is 1. The number of anilines is 2. The number of carbonyl (C=O) groups excluding carboxylic acids is 2. The SMILES string of the molecule is CC(=O)N1CCc2cc(NC(=O)[C@@H]3C[C@@H]3C(=O)O)ccc21. The number of rotatable bonds is 3. The fraction of sp³-hybridized carbons (Fsp3) is 0.400. The third kappa shape index (κ3) is 2.49. The fourth-order valence-electron chi connectivity index (χ4n) is 2.80. The summed E-state index contributed by atoms with van der Waals surface area (Å²) in [6.07, 6.45) is 1.17. The van der Waals surface area contributed by atoms with Crippen LogP contribution in [-0.4, -0.2) is 29.4 Å². The lowest BCUT2D eigenvalue weighted by Crippen LogP contribution is -2.25. The highest BCUT2D eigenvalue weighted by Crippen LogP contribution is 2.39. The molecule has 6 heteroatoms. The summed E-state index contributed by atoms with van der Waals surface area (Å²) in [5, 5.41) is 11.6. The minimum Gasteiger partial charge on any atom is -0.481 e. The molecule has 0 aromatic heterocycles. The number of carboxylic acid groups (broad SMARTS) is 1. The molecular weight excluding hydrogens is 272 g/mol. The highest BCUT2D eigenvalue weighted by Gasteiger charge is 2.48. The first-order valence-electron chi connectivity index (χ1n) is 6.92. The topological polar surface area (TPSA) is 86.7 Å². The number of amides is 2. The van der Waals surface area contributed by atoms with Gasteiger partial charge in [0.2, 0.25) is 11.8 Å². The molecule has 3 rings (SSSR count). The van der Waals surface area contributed by atoms with Crippen molar-refractivity contribution in [3.05, 3.63) is 23.8 Å². The molecule has 0 bridgehead atoms. The molecule has 1 aromatic carbocycles. The Hall–Kier alpha value is -2.37. The molecule has 1 saturated carbocycles. The number of carboxylic acids is 1. The van der Waals surface area contributed by atoms with Crippen LogP contribution in [0.3, 0.4) is 0 Å². The number of aliphatic carboxylic acids is 1. The molecule has 0 spiro atoms. The quantitative estimate of drug-likeness (QED) is 0.876. The fourth-order valence-corrected chi connectivity index (χ4v) is 2.80. The molecule has 1 aromatic rings. The summed E-state index contributed by atoms with van der Waals surface area (Å²) in [7, 11) is 0. The van der Waals surface area contributed by atoms with E-state index in [2.05, 4.69) is 5.32 Å². The van der Waals surface area contributed by atoms with E-state index >= 15 is 0 Å². The van der Waals surface area contributed by atoms with E-state index in [9.17, 15) is 14.4 Å². The zero-order chi connectivity index (χ0) is 15.1. The minimum absolute atomic E-state index is 0.00724. The standard InChI is InChI=1S/C15H16N2O4/c1-8(18)17-5-4-9-6-10(2-3-13(9)17)16-14(19)11-7-12(11)15(20)21/h2-3,6,11-12H,4-5,7H2,1H3,(H,16,19)(H,20,21)/t11-,12+/m1/s1. The van der Waals surface area contributed by atoms with Crippen LogP contribution in [0, 0.1) is 11.8 Å². The van der Waals surface area contributed by atoms with Crippen LogP contribution < -0.4 is 10.2 Å². The summed E-state index contributed by atoms with van der Waals surface area (Å²) in [6.45, 7) is 2.19. The van der Waals surface area contributed by atoms with Crippen molar-refractivity contribution in [2.75, 3.05) is 16.8 Å². The van der Waals surface area contributed by atoms with Crippen LogP contribution >= 0.6 is 0 Å². The van der Waals surface area contributed by atoms with Crippen molar-refractivity contribution in [1.29, 1.82) is 0 Å². The van der Waals surface area contributed by atoms with Gasteiger partial charge in [-0.15, -0.1) is 0 Å². The molecule has 21 heavy (non-hydrogen) atoms. The zero-order valence-electron chi connectivity index (χ0n) is 11.6. The number of hydrogen-bond donors (Lipinski definition) is 2. The minimum atomic E-state index is -0.916. The van der Waals surface area contributed by atoms with Crippen molar-refractivity contribution in [2.24, 2.45) is 11.8 Å². The molecule has 2 aliphatic rings. The van der Waals surface area contributed by atoms with Gasteiger partial charge in [0.15, 0.2) is 0 Å². The molecule has 110 valence electrons. The highest BCUT2D eigenvalue weighted by atomic mass is 16.4. The molecule has 2 N–H and O–H groups in total. The van der Waals surface area contributed by atoms with Gasteiger partial charge in [-0.05, 0) is 36.6 Å². The van der Waals surface area contributed by atoms with Crippen LogP contribution in [0.15, 0.2) is 18.2 Å². The van der Waals surface area contributed by atoms with Crippen molar-refractivity contribution < 1.29 is 19.5 Å². The Labute approximate surface area is 121 Å². The maximum Gasteiger partial charge on any atom is 0.307 e. The summed E-state index contributed by atoms with van der Waals surface area (Å²) in [6, 6.07) is 5.42. The van der Waals surface area contributed by atoms with Crippen LogP contribution in [0.5, 0.6) is 0 Å². The van der Waals surface area contributed by atoms with Gasteiger partial charge in [0.25, 0.3) is 0 Å². The van der Waals surface area contributed by atoms with Crippen LogP contribution in [-0.2, 0) is 20.8 Å². The van der Waals surface area contributed by atoms with Crippen molar-refractivity contribution in [2.45, 2.75) is 19.8 Å². The summed E-state index contributed by atoms with van der Waals surface area (Å²) in [5.41, 5.74) is 2.56. The van der Waals surface area contributed by atoms with Crippen LogP contribution in [0.25, 0.3) is 0 Å². The van der Waals surface area contributed by atoms with Gasteiger partial charge < -0.3 is 15.3 Å². The van der Waals surface area contributed by atoms with Crippen molar-refractivity contribution in [3.63, 3.8) is 0 Å². The Kier molecular flexibility index (Phi) is 3.16. The lowest BCUT2D eigenvalue weighted by Gasteiger charge is -2.15. The summed E-state index contributed by atoms with van der Waals surface area (Å²) in [5.74, 6) is -2.13. The second kappa shape index (κ2) is 4.87. The Morgan fingerprint density at radius 1 is 1.29 bits per heavy atom. The second-order valence-electron chi connectivity index (χ2n) is 5.54. The molecule has 2 atom stereocenters. The third-order valence-corrected chi connectivity index (χ3v) is 4.07. The van der Waals surface area contributed by atoms with E-state index in [1.807, 2.05) is 12.1 Å². The molecule has 1 fully saturated rings. The average Bonchev–Trinajstić information content (AvgIpc) is 3.12. The van der Waals surface area contributed by atoms with E-state index in [4.69, 9.17) is 5.11 Å². The first kappa shape index (κ1) is 13.6. The molecule has 0 saturated heterocycles. The van der Waals surface area contributed by atoms with E-state index in [-0.39, 0.29) is 11.8 Å². The molecule has 1 aliphatic heterocycles. The first-order valence-corrected chi connectivity index (χ1v) is 6.92. The predicted molar refractivity (Wildman–Crippen MR) is 76.0 cm³/mol. The monoisotopic (exact) mass is 288 g/mol. The summed E-state index contributed by atoms with van der Waals surface area (Å²) < 4.78 is 0. The summed E-state index contributed by atoms with van der Waals surface area (Å²) >= 11 is 0. The van der Waals surface area contributed by atoms with Gasteiger partial charge >= 0.3 is 5.97 Å². The van der Waals surface area contributed by atoms with Gasteiger partial charge in [-0.1, -0.05) is 0 Å². The maximum atomic E-state index is 11.9. The van der Waals surface area contributed by atoms with Crippen molar-refractivity contribution in [3.8, 4) is 0 Å². The van der Waals surface area contributed by atoms with E-state index in [1.165, 1.54) is 6.92 Å². The highest BCUT2D eigenvalue weighted by molar-refractivity contribution is 5.99. The number of benzene rings is 1. The van der Waals surface area contributed by atoms with Crippen LogP contribution in [0.4, 0.5) is 11.4 Å². The number of fused-ring (bicyclic) bond motifs is 1. The normalized spacial score (nSPS) is 22.6. The van der Waals surface area contributed by atoms with Gasteiger partial charge in [-0.3, -0.25) is 14.4 Å². The van der Waals surface area contributed by atoms with Gasteiger partial charge in [-0.2, -0.15) is 0 Å². The molecular formula is C15H16N2O4. The van der Waals surface area contributed by atoms with Gasteiger partial charge in [-0.25, -0.2) is 0 Å². The van der Waals surface area contributed by atoms with Crippen LogP contribution in [0.1, 0.15) is 18.9 Å².